The van der Waals surface area contributed by atoms with Crippen molar-refractivity contribution in [3.8, 4) is 24.2 Å². The minimum Gasteiger partial charge on any atom is -0.120 e. The maximum atomic E-state index is 4.96. The van der Waals surface area contributed by atoms with E-state index in [1.54, 1.807) is 0 Å². The quantitative estimate of drug-likeness (QED) is 0.157. The normalized spacial score (nSPS) is 8.09. The van der Waals surface area contributed by atoms with E-state index < -0.39 is 0 Å². The Balaban J connectivity index is -0.000000284. The number of hydrogen-bond donors (Lipinski definition) is 0. The van der Waals surface area contributed by atoms with Crippen molar-refractivity contribution in [2.24, 2.45) is 0 Å². The molecule has 0 rings (SSSR count). The number of hydrogen-bond acceptors (Lipinski definition) is 0. The second-order valence-electron chi connectivity index (χ2n) is 5.07. The van der Waals surface area contributed by atoms with Crippen LogP contribution in [0.5, 0.6) is 0 Å². The fourth-order valence-electron chi connectivity index (χ4n) is 1.28. The summed E-state index contributed by atoms with van der Waals surface area (Å²) in [4.78, 5) is 0. The van der Waals surface area contributed by atoms with Crippen molar-refractivity contribution in [2.45, 2.75) is 84.5 Å². The van der Waals surface area contributed by atoms with Crippen LogP contribution in [0, 0.1) is 24.2 Å². The van der Waals surface area contributed by atoms with Crippen molar-refractivity contribution in [1.29, 1.82) is 0 Å². The molecule has 0 saturated carbocycles. The first-order valence-electron chi connectivity index (χ1n) is 8.91. The van der Waals surface area contributed by atoms with Crippen LogP contribution >= 0.6 is 15.9 Å². The number of unbranched alkanes of at least 4 members (excludes halogenated alkanes) is 7. The Kier molecular flexibility index (Phi) is 38.5. The summed E-state index contributed by atoms with van der Waals surface area (Å²) in [5.41, 5.74) is 0. The molecule has 0 fully saturated rings. The minimum atomic E-state index is 0.941. The number of allylic oxidation sites excluding steroid dienone is 2. The third kappa shape index (κ3) is 44.9. The molecule has 1 heteroatoms. The first-order chi connectivity index (χ1) is 11.2. The van der Waals surface area contributed by atoms with E-state index in [9.17, 15) is 0 Å². The van der Waals surface area contributed by atoms with Gasteiger partial charge in [0.25, 0.3) is 0 Å². The van der Waals surface area contributed by atoms with Gasteiger partial charge in [0.05, 0.1) is 0 Å². The van der Waals surface area contributed by atoms with Crippen LogP contribution in [0.4, 0.5) is 0 Å². The molecule has 0 heterocycles. The molecule has 0 aliphatic carbocycles. The lowest BCUT2D eigenvalue weighted by Crippen LogP contribution is -1.70. The number of alkyl halides is 1. The molecule has 0 aliphatic heterocycles. The highest BCUT2D eigenvalue weighted by molar-refractivity contribution is 9.09. The van der Waals surface area contributed by atoms with Crippen LogP contribution in [0.3, 0.4) is 0 Å². The summed E-state index contributed by atoms with van der Waals surface area (Å²) in [7, 11) is 0. The number of rotatable bonds is 10. The average molecular weight is 381 g/mol. The van der Waals surface area contributed by atoms with Gasteiger partial charge >= 0.3 is 0 Å². The Hall–Kier alpha value is -0.920. The van der Waals surface area contributed by atoms with E-state index in [1.807, 2.05) is 12.2 Å². The van der Waals surface area contributed by atoms with Gasteiger partial charge in [0.15, 0.2) is 0 Å². The molecule has 0 bridgehead atoms. The van der Waals surface area contributed by atoms with Crippen molar-refractivity contribution in [3.05, 3.63) is 25.3 Å². The lowest BCUT2D eigenvalue weighted by atomic mass is 10.2. The van der Waals surface area contributed by atoms with Gasteiger partial charge in [-0.2, -0.15) is 0 Å². The van der Waals surface area contributed by atoms with E-state index in [0.717, 1.165) is 37.4 Å². The zero-order valence-electron chi connectivity index (χ0n) is 15.5. The molecule has 0 aromatic carbocycles. The van der Waals surface area contributed by atoms with Crippen molar-refractivity contribution in [1.82, 2.24) is 0 Å². The predicted molar refractivity (Wildman–Crippen MR) is 113 cm³/mol. The molecule has 23 heavy (non-hydrogen) atoms. The molecule has 0 aliphatic rings. The highest BCUT2D eigenvalue weighted by Crippen LogP contribution is 1.95. The monoisotopic (exact) mass is 380 g/mol. The molecule has 0 saturated heterocycles. The topological polar surface area (TPSA) is 0 Å². The van der Waals surface area contributed by atoms with Gasteiger partial charge in [-0.1, -0.05) is 54.8 Å². The second kappa shape index (κ2) is 32.9. The smallest absolute Gasteiger partial charge is 0.00916 e. The van der Waals surface area contributed by atoms with Crippen LogP contribution in [0.25, 0.3) is 0 Å². The zero-order valence-corrected chi connectivity index (χ0v) is 17.1. The molecule has 132 valence electrons. The summed E-state index contributed by atoms with van der Waals surface area (Å²) in [6, 6.07) is 0. The van der Waals surface area contributed by atoms with E-state index in [4.69, 9.17) is 6.42 Å². The molecule has 0 aromatic rings. The second-order valence-corrected chi connectivity index (χ2v) is 5.86. The fourth-order valence-corrected chi connectivity index (χ4v) is 1.60. The molecule has 0 aromatic heterocycles. The van der Waals surface area contributed by atoms with E-state index in [1.165, 1.54) is 38.5 Å². The Bertz CT molecular complexity index is 311. The predicted octanol–water partition coefficient (Wildman–Crippen LogP) is 7.69. The summed E-state index contributed by atoms with van der Waals surface area (Å²) >= 11 is 3.30. The first-order valence-corrected chi connectivity index (χ1v) is 10.0. The largest absolute Gasteiger partial charge is 0.120 e. The summed E-state index contributed by atoms with van der Waals surface area (Å²) < 4.78 is 0. The van der Waals surface area contributed by atoms with Crippen LogP contribution in [-0.2, 0) is 0 Å². The summed E-state index contributed by atoms with van der Waals surface area (Å²) in [5, 5.41) is 1.10. The van der Waals surface area contributed by atoms with E-state index in [-0.39, 0.29) is 0 Å². The molecule has 0 unspecified atom stereocenters. The van der Waals surface area contributed by atoms with Gasteiger partial charge in [-0.15, -0.1) is 37.3 Å². The Labute approximate surface area is 155 Å². The van der Waals surface area contributed by atoms with Crippen LogP contribution in [0.1, 0.15) is 84.5 Å². The van der Waals surface area contributed by atoms with Gasteiger partial charge in [0.2, 0.25) is 0 Å². The summed E-state index contributed by atoms with van der Waals surface area (Å²) in [6.07, 6.45) is 21.4. The lowest BCUT2D eigenvalue weighted by molar-refractivity contribution is 0.825. The zero-order chi connectivity index (χ0) is 18.0. The van der Waals surface area contributed by atoms with Gasteiger partial charge in [0.1, 0.15) is 0 Å². The fraction of sp³-hybridized carbons (Fsp3) is 0.636. The van der Waals surface area contributed by atoms with Crippen molar-refractivity contribution >= 4 is 15.9 Å². The van der Waals surface area contributed by atoms with Crippen LogP contribution in [-0.4, -0.2) is 5.33 Å². The number of halogens is 1. The molecule has 0 N–H and O–H groups in total. The molecule has 0 nitrogen and oxygen atoms in total. The lowest BCUT2D eigenvalue weighted by Gasteiger charge is -1.86. The third-order valence-electron chi connectivity index (χ3n) is 2.71. The number of terminal acetylenes is 1. The van der Waals surface area contributed by atoms with Crippen molar-refractivity contribution < 1.29 is 0 Å². The Morgan fingerprint density at radius 3 is 1.65 bits per heavy atom. The van der Waals surface area contributed by atoms with Crippen LogP contribution < -0.4 is 0 Å². The molecule has 0 amide bonds. The molecule has 0 spiro atoms. The highest BCUT2D eigenvalue weighted by atomic mass is 79.9. The van der Waals surface area contributed by atoms with E-state index in [0.29, 0.717) is 0 Å². The summed E-state index contributed by atoms with van der Waals surface area (Å²) in [5.74, 6) is 8.89. The van der Waals surface area contributed by atoms with Gasteiger partial charge in [0, 0.05) is 24.6 Å². The minimum absolute atomic E-state index is 0.941. The first kappa shape index (κ1) is 27.0. The Morgan fingerprint density at radius 1 is 0.826 bits per heavy atom. The van der Waals surface area contributed by atoms with Crippen molar-refractivity contribution in [3.63, 3.8) is 0 Å². The van der Waals surface area contributed by atoms with Gasteiger partial charge in [-0.05, 0) is 38.5 Å². The SMILES string of the molecule is C#CCCCC.C=CCCCBr.C=CCCCC#CCCCC. The third-order valence-corrected chi connectivity index (χ3v) is 3.27. The maximum Gasteiger partial charge on any atom is 0.00916 e. The van der Waals surface area contributed by atoms with Crippen LogP contribution in [0.15, 0.2) is 25.3 Å². The van der Waals surface area contributed by atoms with Gasteiger partial charge in [-0.25, -0.2) is 0 Å². The molecular formula is C22H37Br. The molecule has 0 atom stereocenters. The highest BCUT2D eigenvalue weighted by Gasteiger charge is 1.78. The molecular weight excluding hydrogens is 344 g/mol. The van der Waals surface area contributed by atoms with E-state index >= 15 is 0 Å². The van der Waals surface area contributed by atoms with Gasteiger partial charge in [-0.3, -0.25) is 0 Å². The molecule has 0 radical (unpaired) electrons. The van der Waals surface area contributed by atoms with E-state index in [2.05, 4.69) is 60.7 Å². The van der Waals surface area contributed by atoms with Gasteiger partial charge < -0.3 is 0 Å². The van der Waals surface area contributed by atoms with Crippen molar-refractivity contribution in [2.75, 3.05) is 5.33 Å². The Morgan fingerprint density at radius 2 is 1.30 bits per heavy atom. The van der Waals surface area contributed by atoms with Crippen LogP contribution in [0.2, 0.25) is 0 Å². The maximum absolute atomic E-state index is 4.96. The average Bonchev–Trinajstić information content (AvgIpc) is 2.58. The summed E-state index contributed by atoms with van der Waals surface area (Å²) in [6.45, 7) is 11.6. The standard InChI is InChI=1S/C11H18.C6H10.C5H9Br/c1-3-5-7-9-11-10-8-6-4-2;1-3-5-6-4-2;1-2-3-4-5-6/h3H,1,4-9H2,2H3;1H,4-6H2,2H3;2H,1,3-5H2.